The smallest absolute Gasteiger partial charge is 0.352 e. The molecule has 0 aliphatic heterocycles. The van der Waals surface area contributed by atoms with Crippen molar-refractivity contribution in [2.45, 2.75) is 6.92 Å². The minimum absolute atomic E-state index is 0.260. The number of hydrogen-bond acceptors (Lipinski definition) is 1. The summed E-state index contributed by atoms with van der Waals surface area (Å²) in [6.45, 7) is 1.99. The van der Waals surface area contributed by atoms with E-state index in [1.807, 2.05) is 25.1 Å². The minimum atomic E-state index is -0.929. The summed E-state index contributed by atoms with van der Waals surface area (Å²) in [6.07, 6.45) is 1.74. The average molecular weight is 280 g/mol. The van der Waals surface area contributed by atoms with Gasteiger partial charge < -0.3 is 9.67 Å². The quantitative estimate of drug-likeness (QED) is 0.917. The summed E-state index contributed by atoms with van der Waals surface area (Å²) in [5, 5.41) is 9.01. The molecule has 0 aliphatic carbocycles. The van der Waals surface area contributed by atoms with Crippen LogP contribution in [-0.2, 0) is 0 Å². The molecule has 0 atom stereocenters. The number of rotatable bonds is 2. The molecule has 1 aromatic heterocycles. The van der Waals surface area contributed by atoms with Gasteiger partial charge in [0.1, 0.15) is 5.69 Å². The Bertz CT molecular complexity index is 546. The second-order valence-corrected chi connectivity index (χ2v) is 4.36. The van der Waals surface area contributed by atoms with Crippen molar-refractivity contribution in [2.24, 2.45) is 0 Å². The molecule has 0 amide bonds. The fourth-order valence-corrected chi connectivity index (χ4v) is 1.88. The number of halogens is 1. The first kappa shape index (κ1) is 11.0. The van der Waals surface area contributed by atoms with Gasteiger partial charge in [-0.1, -0.05) is 22.0 Å². The molecule has 0 spiro atoms. The zero-order chi connectivity index (χ0) is 11.7. The lowest BCUT2D eigenvalue weighted by Gasteiger charge is -2.08. The van der Waals surface area contributed by atoms with Crippen molar-refractivity contribution in [1.82, 2.24) is 4.57 Å². The molecule has 1 heterocycles. The Hall–Kier alpha value is -1.55. The van der Waals surface area contributed by atoms with Crippen molar-refractivity contribution in [2.75, 3.05) is 0 Å². The van der Waals surface area contributed by atoms with E-state index >= 15 is 0 Å². The van der Waals surface area contributed by atoms with E-state index in [-0.39, 0.29) is 5.69 Å². The third-order valence-electron chi connectivity index (χ3n) is 2.40. The van der Waals surface area contributed by atoms with Crippen molar-refractivity contribution < 1.29 is 9.90 Å². The van der Waals surface area contributed by atoms with E-state index in [0.717, 1.165) is 15.7 Å². The van der Waals surface area contributed by atoms with E-state index in [1.165, 1.54) is 0 Å². The van der Waals surface area contributed by atoms with Crippen LogP contribution >= 0.6 is 15.9 Å². The minimum Gasteiger partial charge on any atom is -0.477 e. The molecule has 16 heavy (non-hydrogen) atoms. The molecular weight excluding hydrogens is 270 g/mol. The molecule has 3 nitrogen and oxygen atoms in total. The molecular formula is C12H10BrNO2. The van der Waals surface area contributed by atoms with Crippen LogP contribution in [0.5, 0.6) is 0 Å². The molecule has 0 aliphatic rings. The average Bonchev–Trinajstić information content (AvgIpc) is 2.71. The molecule has 0 saturated heterocycles. The first-order chi connectivity index (χ1) is 7.59. The summed E-state index contributed by atoms with van der Waals surface area (Å²) in [7, 11) is 0. The van der Waals surface area contributed by atoms with Gasteiger partial charge in [0.05, 0.1) is 0 Å². The number of benzene rings is 1. The Morgan fingerprint density at radius 3 is 2.75 bits per heavy atom. The van der Waals surface area contributed by atoms with Gasteiger partial charge in [-0.25, -0.2) is 4.79 Å². The third-order valence-corrected chi connectivity index (χ3v) is 3.26. The van der Waals surface area contributed by atoms with Gasteiger partial charge >= 0.3 is 5.97 Å². The van der Waals surface area contributed by atoms with Gasteiger partial charge in [-0.3, -0.25) is 0 Å². The Balaban J connectivity index is 2.54. The third kappa shape index (κ3) is 1.88. The summed E-state index contributed by atoms with van der Waals surface area (Å²) >= 11 is 3.43. The molecule has 0 unspecified atom stereocenters. The highest BCUT2D eigenvalue weighted by atomic mass is 79.9. The number of aromatic nitrogens is 1. The SMILES string of the molecule is Cc1ccc(-n2cccc2C(=O)O)cc1Br. The Morgan fingerprint density at radius 2 is 2.12 bits per heavy atom. The van der Waals surface area contributed by atoms with Crippen LogP contribution < -0.4 is 0 Å². The highest BCUT2D eigenvalue weighted by Crippen LogP contribution is 2.21. The predicted octanol–water partition coefficient (Wildman–Crippen LogP) is 3.25. The van der Waals surface area contributed by atoms with Crippen LogP contribution in [0.3, 0.4) is 0 Å². The van der Waals surface area contributed by atoms with Crippen LogP contribution in [0.15, 0.2) is 41.0 Å². The number of hydrogen-bond donors (Lipinski definition) is 1. The van der Waals surface area contributed by atoms with Gasteiger partial charge in [0.2, 0.25) is 0 Å². The van der Waals surface area contributed by atoms with Gasteiger partial charge in [-0.2, -0.15) is 0 Å². The van der Waals surface area contributed by atoms with E-state index in [2.05, 4.69) is 15.9 Å². The van der Waals surface area contributed by atoms with Crippen molar-refractivity contribution in [3.8, 4) is 5.69 Å². The van der Waals surface area contributed by atoms with Gasteiger partial charge in [0.25, 0.3) is 0 Å². The second kappa shape index (κ2) is 4.14. The van der Waals surface area contributed by atoms with Crippen molar-refractivity contribution in [1.29, 1.82) is 0 Å². The van der Waals surface area contributed by atoms with Crippen LogP contribution in [0.4, 0.5) is 0 Å². The van der Waals surface area contributed by atoms with Gasteiger partial charge in [0, 0.05) is 16.4 Å². The first-order valence-corrected chi connectivity index (χ1v) is 5.56. The molecule has 82 valence electrons. The maximum absolute atomic E-state index is 11.0. The summed E-state index contributed by atoms with van der Waals surface area (Å²) in [6, 6.07) is 9.05. The van der Waals surface area contributed by atoms with E-state index in [4.69, 9.17) is 5.11 Å². The van der Waals surface area contributed by atoms with E-state index in [9.17, 15) is 4.79 Å². The Morgan fingerprint density at radius 1 is 1.38 bits per heavy atom. The van der Waals surface area contributed by atoms with Gasteiger partial charge in [-0.15, -0.1) is 0 Å². The van der Waals surface area contributed by atoms with Crippen LogP contribution in [0.25, 0.3) is 5.69 Å². The van der Waals surface area contributed by atoms with E-state index in [0.29, 0.717) is 0 Å². The molecule has 0 bridgehead atoms. The standard InChI is InChI=1S/C12H10BrNO2/c1-8-4-5-9(7-10(8)13)14-6-2-3-11(14)12(15)16/h2-7H,1H3,(H,15,16). The first-order valence-electron chi connectivity index (χ1n) is 4.77. The number of nitrogens with zero attached hydrogens (tertiary/aromatic N) is 1. The monoisotopic (exact) mass is 279 g/mol. The number of aryl methyl sites for hydroxylation is 1. The van der Waals surface area contributed by atoms with E-state index < -0.39 is 5.97 Å². The molecule has 2 rings (SSSR count). The molecule has 1 N–H and O–H groups in total. The fourth-order valence-electron chi connectivity index (χ4n) is 1.51. The summed E-state index contributed by atoms with van der Waals surface area (Å²) in [4.78, 5) is 11.0. The second-order valence-electron chi connectivity index (χ2n) is 3.50. The fraction of sp³-hybridized carbons (Fsp3) is 0.0833. The maximum Gasteiger partial charge on any atom is 0.352 e. The van der Waals surface area contributed by atoms with Crippen LogP contribution in [0.1, 0.15) is 16.1 Å². The van der Waals surface area contributed by atoms with Gasteiger partial charge in [-0.05, 0) is 36.8 Å². The Labute approximate surface area is 101 Å². The molecule has 2 aromatic rings. The normalized spacial score (nSPS) is 10.4. The van der Waals surface area contributed by atoms with Crippen molar-refractivity contribution in [3.05, 3.63) is 52.3 Å². The van der Waals surface area contributed by atoms with Crippen LogP contribution in [0.2, 0.25) is 0 Å². The lowest BCUT2D eigenvalue weighted by atomic mass is 10.2. The zero-order valence-electron chi connectivity index (χ0n) is 8.64. The van der Waals surface area contributed by atoms with Crippen LogP contribution in [0, 0.1) is 6.92 Å². The molecule has 0 fully saturated rings. The largest absolute Gasteiger partial charge is 0.477 e. The lowest BCUT2D eigenvalue weighted by Crippen LogP contribution is -2.05. The number of carboxylic acids is 1. The topological polar surface area (TPSA) is 42.2 Å². The zero-order valence-corrected chi connectivity index (χ0v) is 10.2. The maximum atomic E-state index is 11.0. The van der Waals surface area contributed by atoms with Crippen molar-refractivity contribution >= 4 is 21.9 Å². The Kier molecular flexibility index (Phi) is 2.83. The van der Waals surface area contributed by atoms with Crippen LogP contribution in [-0.4, -0.2) is 15.6 Å². The number of aromatic carboxylic acids is 1. The highest BCUT2D eigenvalue weighted by Gasteiger charge is 2.10. The highest BCUT2D eigenvalue weighted by molar-refractivity contribution is 9.10. The molecule has 4 heteroatoms. The van der Waals surface area contributed by atoms with Gasteiger partial charge in [0.15, 0.2) is 0 Å². The number of carboxylic acid groups (broad SMARTS) is 1. The summed E-state index contributed by atoms with van der Waals surface area (Å²) in [5.74, 6) is -0.929. The van der Waals surface area contributed by atoms with E-state index in [1.54, 1.807) is 22.9 Å². The molecule has 0 saturated carbocycles. The van der Waals surface area contributed by atoms with Crippen molar-refractivity contribution in [3.63, 3.8) is 0 Å². The summed E-state index contributed by atoms with van der Waals surface area (Å²) in [5.41, 5.74) is 2.21. The summed E-state index contributed by atoms with van der Waals surface area (Å²) < 4.78 is 2.61. The molecule has 1 aromatic carbocycles. The lowest BCUT2D eigenvalue weighted by molar-refractivity contribution is 0.0688. The number of carbonyl (C=O) groups is 1. The predicted molar refractivity (Wildman–Crippen MR) is 65.2 cm³/mol. The molecule has 0 radical (unpaired) electrons.